The highest BCUT2D eigenvalue weighted by Gasteiger charge is 2.35. The van der Waals surface area contributed by atoms with E-state index >= 15 is 0 Å². The third-order valence-corrected chi connectivity index (χ3v) is 6.68. The molecule has 0 aliphatic carbocycles. The van der Waals surface area contributed by atoms with E-state index in [1.54, 1.807) is 38.1 Å². The quantitative estimate of drug-likeness (QED) is 0.694. The molecule has 0 radical (unpaired) electrons. The molecule has 3 rings (SSSR count). The van der Waals surface area contributed by atoms with E-state index in [1.807, 2.05) is 11.0 Å². The van der Waals surface area contributed by atoms with Crippen LogP contribution in [0.4, 0.5) is 4.79 Å². The summed E-state index contributed by atoms with van der Waals surface area (Å²) in [7, 11) is -2.48. The molecule has 1 aromatic rings. The maximum atomic E-state index is 12.6. The van der Waals surface area contributed by atoms with Crippen molar-refractivity contribution < 1.29 is 22.7 Å². The van der Waals surface area contributed by atoms with Crippen molar-refractivity contribution in [2.24, 2.45) is 4.40 Å². The minimum Gasteiger partial charge on any atom is -0.467 e. The highest BCUT2D eigenvalue weighted by atomic mass is 32.2. The summed E-state index contributed by atoms with van der Waals surface area (Å²) < 4.78 is 33.9. The predicted octanol–water partition coefficient (Wildman–Crippen LogP) is 1.48. The summed E-state index contributed by atoms with van der Waals surface area (Å²) in [5.74, 6) is -0.0482. The van der Waals surface area contributed by atoms with Gasteiger partial charge in [-0.1, -0.05) is 30.3 Å². The first-order valence-corrected chi connectivity index (χ1v) is 11.2. The summed E-state index contributed by atoms with van der Waals surface area (Å²) in [6.45, 7) is 4.44. The van der Waals surface area contributed by atoms with E-state index in [0.29, 0.717) is 42.9 Å². The number of benzene rings is 1. The highest BCUT2D eigenvalue weighted by Crippen LogP contribution is 2.34. The maximum Gasteiger partial charge on any atom is 0.328 e. The molecular weight excluding hydrogens is 408 g/mol. The van der Waals surface area contributed by atoms with Gasteiger partial charge in [-0.05, 0) is 32.3 Å². The van der Waals surface area contributed by atoms with Crippen LogP contribution in [0.15, 0.2) is 40.3 Å². The smallest absolute Gasteiger partial charge is 0.328 e. The first-order chi connectivity index (χ1) is 14.2. The summed E-state index contributed by atoms with van der Waals surface area (Å²) in [5.41, 5.74) is 1.26. The third kappa shape index (κ3) is 4.64. The summed E-state index contributed by atoms with van der Waals surface area (Å²) in [4.78, 5) is 25.7. The molecule has 0 saturated carbocycles. The van der Waals surface area contributed by atoms with Gasteiger partial charge in [-0.2, -0.15) is 8.42 Å². The molecule has 0 unspecified atom stereocenters. The topological polar surface area (TPSA) is 117 Å². The molecule has 0 aromatic heterocycles. The number of amidine groups is 1. The molecule has 1 atom stereocenters. The Morgan fingerprint density at radius 3 is 2.43 bits per heavy atom. The number of hydrogen-bond acceptors (Lipinski definition) is 6. The fraction of sp³-hybridized carbons (Fsp3) is 0.450. The van der Waals surface area contributed by atoms with Gasteiger partial charge in [-0.25, -0.2) is 9.59 Å². The molecule has 2 N–H and O–H groups in total. The van der Waals surface area contributed by atoms with Crippen LogP contribution in [0.2, 0.25) is 0 Å². The zero-order valence-corrected chi connectivity index (χ0v) is 18.0. The number of nitrogens with zero attached hydrogens (tertiary/aromatic N) is 2. The Kier molecular flexibility index (Phi) is 6.45. The Labute approximate surface area is 176 Å². The SMILES string of the molecule is COC(=O)[C@@H](C)NC(=O)NC1CCN(C2=NS(=O)(=O)C(c3ccccc3)=C2C)CC1. The number of carbonyl (C=O) groups is 2. The van der Waals surface area contributed by atoms with Crippen LogP contribution in [0, 0.1) is 0 Å². The molecule has 2 aliphatic heterocycles. The van der Waals surface area contributed by atoms with Crippen LogP contribution in [0.3, 0.4) is 0 Å². The van der Waals surface area contributed by atoms with Crippen molar-refractivity contribution in [1.29, 1.82) is 0 Å². The van der Waals surface area contributed by atoms with Gasteiger partial charge in [-0.3, -0.25) is 0 Å². The monoisotopic (exact) mass is 434 g/mol. The molecule has 2 heterocycles. The number of esters is 1. The Bertz CT molecular complexity index is 980. The van der Waals surface area contributed by atoms with E-state index in [1.165, 1.54) is 7.11 Å². The molecule has 2 amide bonds. The molecule has 2 aliphatic rings. The second kappa shape index (κ2) is 8.86. The molecular formula is C20H26N4O5S. The van der Waals surface area contributed by atoms with E-state index in [4.69, 9.17) is 0 Å². The zero-order valence-electron chi connectivity index (χ0n) is 17.2. The van der Waals surface area contributed by atoms with Gasteiger partial charge in [0.15, 0.2) is 0 Å². The van der Waals surface area contributed by atoms with Crippen LogP contribution in [-0.2, 0) is 19.6 Å². The number of likely N-dealkylation sites (tertiary alicyclic amines) is 1. The largest absolute Gasteiger partial charge is 0.467 e. The summed E-state index contributed by atoms with van der Waals surface area (Å²) in [6.07, 6.45) is 1.26. The minimum atomic E-state index is -3.74. The summed E-state index contributed by atoms with van der Waals surface area (Å²) in [5, 5.41) is 5.38. The van der Waals surface area contributed by atoms with Crippen LogP contribution < -0.4 is 10.6 Å². The Morgan fingerprint density at radius 2 is 1.83 bits per heavy atom. The number of hydrogen-bond donors (Lipinski definition) is 2. The predicted molar refractivity (Wildman–Crippen MR) is 113 cm³/mol. The lowest BCUT2D eigenvalue weighted by Crippen LogP contribution is -2.51. The molecule has 162 valence electrons. The highest BCUT2D eigenvalue weighted by molar-refractivity contribution is 8.00. The van der Waals surface area contributed by atoms with Gasteiger partial charge in [0.05, 0.1) is 7.11 Å². The van der Waals surface area contributed by atoms with Crippen LogP contribution in [0.1, 0.15) is 32.3 Å². The number of methoxy groups -OCH3 is 1. The summed E-state index contributed by atoms with van der Waals surface area (Å²) in [6, 6.07) is 7.70. The van der Waals surface area contributed by atoms with Crippen LogP contribution in [-0.4, -0.2) is 63.4 Å². The van der Waals surface area contributed by atoms with Crippen molar-refractivity contribution in [3.63, 3.8) is 0 Å². The average molecular weight is 435 g/mol. The third-order valence-electron chi connectivity index (χ3n) is 5.21. The van der Waals surface area contributed by atoms with Gasteiger partial charge in [0.2, 0.25) is 0 Å². The van der Waals surface area contributed by atoms with Crippen LogP contribution in [0.25, 0.3) is 4.91 Å². The van der Waals surface area contributed by atoms with Crippen molar-refractivity contribution in [1.82, 2.24) is 15.5 Å². The van der Waals surface area contributed by atoms with Gasteiger partial charge in [0.1, 0.15) is 16.8 Å². The molecule has 30 heavy (non-hydrogen) atoms. The van der Waals surface area contributed by atoms with Crippen molar-refractivity contribution in [3.8, 4) is 0 Å². The Hall–Kier alpha value is -2.88. The standard InChI is InChI=1S/C20H26N4O5S/c1-13-17(15-7-5-4-6-8-15)30(27,28)23-18(13)24-11-9-16(10-12-24)22-20(26)21-14(2)19(25)29-3/h4-8,14,16H,9-12H2,1-3H3,(H2,21,22,26)/t14-/m1/s1. The van der Waals surface area contributed by atoms with Gasteiger partial charge in [0.25, 0.3) is 10.0 Å². The van der Waals surface area contributed by atoms with Crippen molar-refractivity contribution in [2.75, 3.05) is 20.2 Å². The molecule has 1 saturated heterocycles. The van der Waals surface area contributed by atoms with Crippen LogP contribution in [0.5, 0.6) is 0 Å². The van der Waals surface area contributed by atoms with E-state index in [-0.39, 0.29) is 10.9 Å². The van der Waals surface area contributed by atoms with Gasteiger partial charge in [0, 0.05) is 24.7 Å². The minimum absolute atomic E-state index is 0.0809. The van der Waals surface area contributed by atoms with Gasteiger partial charge in [-0.15, -0.1) is 4.40 Å². The molecule has 10 heteroatoms. The Balaban J connectivity index is 1.62. The lowest BCUT2D eigenvalue weighted by Gasteiger charge is -2.34. The number of carbonyl (C=O) groups excluding carboxylic acids is 2. The zero-order chi connectivity index (χ0) is 21.9. The van der Waals surface area contributed by atoms with Crippen LogP contribution >= 0.6 is 0 Å². The van der Waals surface area contributed by atoms with Crippen molar-refractivity contribution in [3.05, 3.63) is 41.5 Å². The summed E-state index contributed by atoms with van der Waals surface area (Å²) >= 11 is 0. The fourth-order valence-corrected chi connectivity index (χ4v) is 5.15. The number of nitrogens with one attached hydrogen (secondary N) is 2. The fourth-order valence-electron chi connectivity index (χ4n) is 3.67. The number of amides is 2. The number of piperidine rings is 1. The van der Waals surface area contributed by atoms with E-state index < -0.39 is 28.1 Å². The molecule has 1 aromatic carbocycles. The van der Waals surface area contributed by atoms with Gasteiger partial charge < -0.3 is 20.3 Å². The average Bonchev–Trinajstić information content (AvgIpc) is 2.97. The number of rotatable bonds is 4. The lowest BCUT2D eigenvalue weighted by atomic mass is 10.0. The van der Waals surface area contributed by atoms with E-state index in [2.05, 4.69) is 19.8 Å². The second-order valence-electron chi connectivity index (χ2n) is 7.33. The Morgan fingerprint density at radius 1 is 1.20 bits per heavy atom. The first-order valence-electron chi connectivity index (χ1n) is 9.74. The first kappa shape index (κ1) is 21.8. The van der Waals surface area contributed by atoms with Crippen molar-refractivity contribution >= 4 is 32.8 Å². The van der Waals surface area contributed by atoms with E-state index in [0.717, 1.165) is 0 Å². The molecule has 1 fully saturated rings. The number of ether oxygens (including phenoxy) is 1. The molecule has 9 nitrogen and oxygen atoms in total. The van der Waals surface area contributed by atoms with E-state index in [9.17, 15) is 18.0 Å². The van der Waals surface area contributed by atoms with Gasteiger partial charge >= 0.3 is 12.0 Å². The number of sulfonamides is 1. The lowest BCUT2D eigenvalue weighted by molar-refractivity contribution is -0.142. The second-order valence-corrected chi connectivity index (χ2v) is 8.88. The molecule has 0 spiro atoms. The van der Waals surface area contributed by atoms with Crippen molar-refractivity contribution in [2.45, 2.75) is 38.8 Å². The normalized spacial score (nSPS) is 19.8. The number of urea groups is 1. The molecule has 0 bridgehead atoms. The maximum absolute atomic E-state index is 12.6.